The molecule has 1 aromatic rings. The first-order chi connectivity index (χ1) is 16.6. The summed E-state index contributed by atoms with van der Waals surface area (Å²) in [6.07, 6.45) is -0.685. The monoisotopic (exact) mass is 529 g/mol. The minimum atomic E-state index is -4.74. The van der Waals surface area contributed by atoms with Crippen molar-refractivity contribution in [3.63, 3.8) is 0 Å². The average Bonchev–Trinajstić information content (AvgIpc) is 2.75. The number of nitrogens with two attached hydrogens (primary N) is 2. The predicted molar refractivity (Wildman–Crippen MR) is 127 cm³/mol. The van der Waals surface area contributed by atoms with Gasteiger partial charge in [-0.1, -0.05) is 26.0 Å². The lowest BCUT2D eigenvalue weighted by molar-refractivity contribution is -0.135. The first-order valence-corrected chi connectivity index (χ1v) is 12.4. The van der Waals surface area contributed by atoms with Crippen molar-refractivity contribution in [2.24, 2.45) is 23.3 Å². The number of benzene rings is 1. The zero-order valence-electron chi connectivity index (χ0n) is 20.1. The highest BCUT2D eigenvalue weighted by molar-refractivity contribution is 7.46. The third kappa shape index (κ3) is 10.8. The summed E-state index contributed by atoms with van der Waals surface area (Å²) in [7, 11) is -3.34. The van der Waals surface area contributed by atoms with E-state index in [1.165, 1.54) is 31.3 Å². The Balaban J connectivity index is 3.06. The molecule has 0 unspecified atom stereocenters. The second-order valence-corrected chi connectivity index (χ2v) is 9.53. The number of phosphoric acid groups is 1. The van der Waals surface area contributed by atoms with E-state index in [9.17, 15) is 28.5 Å². The van der Waals surface area contributed by atoms with E-state index < -0.39 is 67.7 Å². The highest BCUT2D eigenvalue weighted by Gasteiger charge is 2.31. The minimum absolute atomic E-state index is 0.0491. The standard InChI is InChI=1S/C21H32N5O9P/c1-11(2)18(21(31)25-15(19(23)29)10-16(22)27)26-20(30)13(9-17(28)24-3)8-12-4-6-14(7-5-12)35-36(32,33)34/h4-7,11,13,15,18H,8-10H2,1-3H3,(H2,22,27)(H2,23,29)(H,24,28)(H,25,31)(H,26,30)(H2,32,33,34)/t13-,15+,18+/m1/s1. The Hall–Kier alpha value is -3.48. The van der Waals surface area contributed by atoms with Gasteiger partial charge >= 0.3 is 7.82 Å². The van der Waals surface area contributed by atoms with Crippen molar-refractivity contribution in [1.29, 1.82) is 0 Å². The molecule has 0 spiro atoms. The van der Waals surface area contributed by atoms with E-state index in [4.69, 9.17) is 21.3 Å². The summed E-state index contributed by atoms with van der Waals surface area (Å²) in [5, 5.41) is 7.32. The van der Waals surface area contributed by atoms with Crippen LogP contribution in [0.25, 0.3) is 0 Å². The fourth-order valence-electron chi connectivity index (χ4n) is 3.18. The molecule has 0 fully saturated rings. The Morgan fingerprint density at radius 1 is 0.972 bits per heavy atom. The lowest BCUT2D eigenvalue weighted by atomic mass is 9.93. The summed E-state index contributed by atoms with van der Waals surface area (Å²) in [4.78, 5) is 78.5. The normalized spacial score (nSPS) is 13.7. The Bertz CT molecular complexity index is 1010. The quantitative estimate of drug-likeness (QED) is 0.138. The van der Waals surface area contributed by atoms with Gasteiger partial charge in [-0.05, 0) is 30.0 Å². The molecular formula is C21H32N5O9P. The molecule has 0 radical (unpaired) electrons. The van der Waals surface area contributed by atoms with Gasteiger partial charge in [-0.25, -0.2) is 4.57 Å². The van der Waals surface area contributed by atoms with Gasteiger partial charge in [-0.15, -0.1) is 0 Å². The Morgan fingerprint density at radius 2 is 1.56 bits per heavy atom. The first-order valence-electron chi connectivity index (χ1n) is 10.9. The maximum absolute atomic E-state index is 13.1. The fraction of sp³-hybridized carbons (Fsp3) is 0.476. The topological polar surface area (TPSA) is 240 Å². The molecular weight excluding hydrogens is 497 g/mol. The van der Waals surface area contributed by atoms with E-state index in [-0.39, 0.29) is 18.6 Å². The van der Waals surface area contributed by atoms with Crippen LogP contribution in [0.5, 0.6) is 5.75 Å². The lowest BCUT2D eigenvalue weighted by Crippen LogP contribution is -2.56. The Labute approximate surface area is 207 Å². The van der Waals surface area contributed by atoms with E-state index in [0.717, 1.165) is 0 Å². The summed E-state index contributed by atoms with van der Waals surface area (Å²) in [6, 6.07) is 3.07. The molecule has 1 aromatic carbocycles. The second-order valence-electron chi connectivity index (χ2n) is 8.37. The third-order valence-electron chi connectivity index (χ3n) is 5.02. The lowest BCUT2D eigenvalue weighted by Gasteiger charge is -2.26. The van der Waals surface area contributed by atoms with Gasteiger partial charge in [-0.2, -0.15) is 0 Å². The minimum Gasteiger partial charge on any atom is -0.404 e. The maximum Gasteiger partial charge on any atom is 0.524 e. The van der Waals surface area contributed by atoms with Gasteiger partial charge in [0.25, 0.3) is 0 Å². The van der Waals surface area contributed by atoms with Crippen LogP contribution in [0.15, 0.2) is 24.3 Å². The van der Waals surface area contributed by atoms with Crippen molar-refractivity contribution >= 4 is 37.4 Å². The van der Waals surface area contributed by atoms with Crippen molar-refractivity contribution < 1.29 is 42.8 Å². The Morgan fingerprint density at radius 3 is 2.00 bits per heavy atom. The SMILES string of the molecule is CNC(=O)C[C@@H](Cc1ccc(OP(=O)(O)O)cc1)C(=O)N[C@H](C(=O)N[C@@H](CC(N)=O)C(N)=O)C(C)C. The van der Waals surface area contributed by atoms with Gasteiger partial charge in [0.1, 0.15) is 17.8 Å². The van der Waals surface area contributed by atoms with E-state index in [0.29, 0.717) is 5.56 Å². The van der Waals surface area contributed by atoms with Crippen molar-refractivity contribution in [3.05, 3.63) is 29.8 Å². The number of primary amides is 2. The number of carbonyl (C=O) groups excluding carboxylic acids is 5. The molecule has 0 saturated carbocycles. The molecule has 5 amide bonds. The third-order valence-corrected chi connectivity index (χ3v) is 5.47. The Kier molecular flexibility index (Phi) is 11.5. The maximum atomic E-state index is 13.1. The van der Waals surface area contributed by atoms with E-state index in [1.807, 2.05) is 0 Å². The number of nitrogens with one attached hydrogen (secondary N) is 3. The molecule has 0 aliphatic rings. The van der Waals surface area contributed by atoms with Gasteiger partial charge in [0.05, 0.1) is 12.3 Å². The van der Waals surface area contributed by atoms with Crippen LogP contribution in [0, 0.1) is 11.8 Å². The summed E-state index contributed by atoms with van der Waals surface area (Å²) in [5.74, 6) is -5.11. The zero-order valence-corrected chi connectivity index (χ0v) is 21.0. The van der Waals surface area contributed by atoms with Crippen LogP contribution < -0.4 is 31.9 Å². The van der Waals surface area contributed by atoms with E-state index >= 15 is 0 Å². The van der Waals surface area contributed by atoms with Crippen LogP contribution in [0.1, 0.15) is 32.3 Å². The van der Waals surface area contributed by atoms with Crippen LogP contribution in [-0.2, 0) is 35.0 Å². The number of hydrogen-bond donors (Lipinski definition) is 7. The molecule has 15 heteroatoms. The summed E-state index contributed by atoms with van der Waals surface area (Å²) in [5.41, 5.74) is 10.9. The van der Waals surface area contributed by atoms with Crippen LogP contribution in [0.4, 0.5) is 0 Å². The van der Waals surface area contributed by atoms with Gasteiger partial charge in [0.2, 0.25) is 29.5 Å². The van der Waals surface area contributed by atoms with Gasteiger partial charge in [-0.3, -0.25) is 33.8 Å². The van der Waals surface area contributed by atoms with Crippen molar-refractivity contribution in [3.8, 4) is 5.75 Å². The molecule has 1 rings (SSSR count). The number of phosphoric ester groups is 1. The number of carbonyl (C=O) groups is 5. The van der Waals surface area contributed by atoms with Crippen molar-refractivity contribution in [1.82, 2.24) is 16.0 Å². The molecule has 0 aliphatic carbocycles. The van der Waals surface area contributed by atoms with Crippen LogP contribution >= 0.6 is 7.82 Å². The largest absolute Gasteiger partial charge is 0.524 e. The molecule has 3 atom stereocenters. The molecule has 36 heavy (non-hydrogen) atoms. The van der Waals surface area contributed by atoms with Crippen molar-refractivity contribution in [2.75, 3.05) is 7.05 Å². The molecule has 9 N–H and O–H groups in total. The van der Waals surface area contributed by atoms with E-state index in [2.05, 4.69) is 20.5 Å². The van der Waals surface area contributed by atoms with Crippen molar-refractivity contribution in [2.45, 2.75) is 45.2 Å². The second kappa shape index (κ2) is 13.6. The molecule has 0 aliphatic heterocycles. The van der Waals surface area contributed by atoms with Gasteiger partial charge in [0.15, 0.2) is 0 Å². The highest BCUT2D eigenvalue weighted by atomic mass is 31.2. The zero-order chi connectivity index (χ0) is 27.6. The smallest absolute Gasteiger partial charge is 0.404 e. The van der Waals surface area contributed by atoms with Crippen LogP contribution in [0.2, 0.25) is 0 Å². The highest BCUT2D eigenvalue weighted by Crippen LogP contribution is 2.37. The summed E-state index contributed by atoms with van der Waals surface area (Å²) >= 11 is 0. The predicted octanol–water partition coefficient (Wildman–Crippen LogP) is -1.56. The summed E-state index contributed by atoms with van der Waals surface area (Å²) < 4.78 is 15.5. The number of rotatable bonds is 14. The number of amides is 5. The van der Waals surface area contributed by atoms with Crippen LogP contribution in [-0.4, -0.2) is 58.5 Å². The van der Waals surface area contributed by atoms with Gasteiger partial charge < -0.3 is 31.9 Å². The molecule has 0 aromatic heterocycles. The molecule has 200 valence electrons. The van der Waals surface area contributed by atoms with Crippen LogP contribution in [0.3, 0.4) is 0 Å². The molecule has 0 saturated heterocycles. The van der Waals surface area contributed by atoms with E-state index in [1.54, 1.807) is 13.8 Å². The number of hydrogen-bond acceptors (Lipinski definition) is 7. The molecule has 0 bridgehead atoms. The fourth-order valence-corrected chi connectivity index (χ4v) is 3.58. The molecule has 14 nitrogen and oxygen atoms in total. The molecule has 0 heterocycles. The summed E-state index contributed by atoms with van der Waals surface area (Å²) in [6.45, 7) is 3.29. The average molecular weight is 529 g/mol. The van der Waals surface area contributed by atoms with Gasteiger partial charge in [0, 0.05) is 13.5 Å². The first kappa shape index (κ1) is 30.6.